The first-order chi connectivity index (χ1) is 9.54. The zero-order valence-electron chi connectivity index (χ0n) is 12.7. The van der Waals surface area contributed by atoms with Gasteiger partial charge in [-0.3, -0.25) is 4.79 Å². The molecule has 0 radical (unpaired) electrons. The molecule has 1 aromatic carbocycles. The molecule has 3 heteroatoms. The second-order valence-electron chi connectivity index (χ2n) is 6.11. The van der Waals surface area contributed by atoms with Crippen LogP contribution in [0.1, 0.15) is 56.6 Å². The van der Waals surface area contributed by atoms with Crippen LogP contribution in [0, 0.1) is 6.92 Å². The molecule has 2 rings (SSSR count). The molecule has 3 nitrogen and oxygen atoms in total. The number of amides is 1. The van der Waals surface area contributed by atoms with E-state index in [9.17, 15) is 4.79 Å². The van der Waals surface area contributed by atoms with Crippen molar-refractivity contribution < 1.29 is 4.79 Å². The lowest BCUT2D eigenvalue weighted by Crippen LogP contribution is -2.44. The van der Waals surface area contributed by atoms with Gasteiger partial charge in [-0.15, -0.1) is 0 Å². The minimum atomic E-state index is -0.294. The highest BCUT2D eigenvalue weighted by Crippen LogP contribution is 2.29. The fraction of sp³-hybridized carbons (Fsp3) is 0.588. The van der Waals surface area contributed by atoms with Gasteiger partial charge in [0.05, 0.1) is 0 Å². The number of anilines is 1. The number of carbonyl (C=O) groups is 1. The predicted molar refractivity (Wildman–Crippen MR) is 83.8 cm³/mol. The second-order valence-corrected chi connectivity index (χ2v) is 6.11. The van der Waals surface area contributed by atoms with Crippen molar-refractivity contribution >= 4 is 11.6 Å². The summed E-state index contributed by atoms with van der Waals surface area (Å²) < 4.78 is 0. The summed E-state index contributed by atoms with van der Waals surface area (Å²) in [5, 5.41) is 3.08. The number of benzene rings is 1. The summed E-state index contributed by atoms with van der Waals surface area (Å²) in [5.41, 5.74) is 9.34. The lowest BCUT2D eigenvalue weighted by atomic mass is 9.80. The first-order valence-corrected chi connectivity index (χ1v) is 7.71. The third-order valence-corrected chi connectivity index (χ3v) is 4.37. The van der Waals surface area contributed by atoms with Gasteiger partial charge in [0.2, 0.25) is 5.91 Å². The maximum atomic E-state index is 12.3. The van der Waals surface area contributed by atoms with E-state index in [1.807, 2.05) is 19.1 Å². The van der Waals surface area contributed by atoms with Crippen molar-refractivity contribution in [1.29, 1.82) is 0 Å². The van der Waals surface area contributed by atoms with Gasteiger partial charge in [0, 0.05) is 17.6 Å². The number of hydrogen-bond donors (Lipinski definition) is 2. The summed E-state index contributed by atoms with van der Waals surface area (Å²) in [6.07, 6.45) is 6.83. The molecule has 20 heavy (non-hydrogen) atoms. The Morgan fingerprint density at radius 3 is 2.65 bits per heavy atom. The molecule has 1 amide bonds. The molecular weight excluding hydrogens is 248 g/mol. The van der Waals surface area contributed by atoms with Crippen LogP contribution in [-0.2, 0) is 11.2 Å². The van der Waals surface area contributed by atoms with E-state index in [0.29, 0.717) is 6.42 Å². The molecule has 3 N–H and O–H groups in total. The summed E-state index contributed by atoms with van der Waals surface area (Å²) in [4.78, 5) is 12.3. The first kappa shape index (κ1) is 15.0. The molecule has 0 bridgehead atoms. The van der Waals surface area contributed by atoms with Crippen molar-refractivity contribution in [3.63, 3.8) is 0 Å². The van der Waals surface area contributed by atoms with E-state index in [0.717, 1.165) is 43.4 Å². The molecule has 1 aliphatic carbocycles. The Morgan fingerprint density at radius 2 is 2.00 bits per heavy atom. The number of rotatable bonds is 4. The van der Waals surface area contributed by atoms with Crippen molar-refractivity contribution in [2.45, 2.75) is 64.3 Å². The van der Waals surface area contributed by atoms with Crippen LogP contribution in [0.2, 0.25) is 0 Å². The molecular formula is C17H26N2O. The third kappa shape index (κ3) is 3.60. The minimum absolute atomic E-state index is 0.0541. The number of nitrogens with two attached hydrogens (primary N) is 1. The molecule has 0 spiro atoms. The van der Waals surface area contributed by atoms with Gasteiger partial charge in [-0.05, 0) is 37.3 Å². The number of nitrogens with one attached hydrogen (secondary N) is 1. The molecule has 0 saturated heterocycles. The maximum absolute atomic E-state index is 12.3. The topological polar surface area (TPSA) is 55.1 Å². The normalized spacial score (nSPS) is 17.8. The van der Waals surface area contributed by atoms with Gasteiger partial charge in [0.25, 0.3) is 0 Å². The lowest BCUT2D eigenvalue weighted by Gasteiger charge is -2.32. The maximum Gasteiger partial charge on any atom is 0.226 e. The fourth-order valence-corrected chi connectivity index (χ4v) is 3.14. The summed E-state index contributed by atoms with van der Waals surface area (Å²) in [6.45, 7) is 4.14. The first-order valence-electron chi connectivity index (χ1n) is 7.71. The molecule has 0 aliphatic heterocycles. The Labute approximate surface area is 121 Å². The highest BCUT2D eigenvalue weighted by atomic mass is 16.1. The monoisotopic (exact) mass is 274 g/mol. The van der Waals surface area contributed by atoms with Gasteiger partial charge in [-0.2, -0.15) is 0 Å². The zero-order valence-corrected chi connectivity index (χ0v) is 12.7. The van der Waals surface area contributed by atoms with Crippen LogP contribution >= 0.6 is 0 Å². The van der Waals surface area contributed by atoms with Crippen molar-refractivity contribution in [3.8, 4) is 0 Å². The smallest absolute Gasteiger partial charge is 0.226 e. The molecule has 1 fully saturated rings. The molecule has 0 unspecified atom stereocenters. The van der Waals surface area contributed by atoms with Crippen LogP contribution in [0.5, 0.6) is 0 Å². The number of carbonyl (C=O) groups excluding carboxylic acids is 1. The molecule has 110 valence electrons. The average Bonchev–Trinajstić information content (AvgIpc) is 2.41. The van der Waals surface area contributed by atoms with E-state index in [1.165, 1.54) is 12.0 Å². The molecule has 1 aromatic rings. The molecule has 1 saturated carbocycles. The van der Waals surface area contributed by atoms with Crippen molar-refractivity contribution in [3.05, 3.63) is 29.3 Å². The van der Waals surface area contributed by atoms with Gasteiger partial charge in [0.15, 0.2) is 0 Å². The number of aryl methyl sites for hydroxylation is 2. The lowest BCUT2D eigenvalue weighted by molar-refractivity contribution is -0.117. The Morgan fingerprint density at radius 1 is 1.30 bits per heavy atom. The van der Waals surface area contributed by atoms with Gasteiger partial charge in [-0.1, -0.05) is 44.4 Å². The Bertz CT molecular complexity index is 476. The van der Waals surface area contributed by atoms with Crippen LogP contribution in [0.3, 0.4) is 0 Å². The average molecular weight is 274 g/mol. The predicted octanol–water partition coefficient (Wildman–Crippen LogP) is 3.55. The van der Waals surface area contributed by atoms with Crippen molar-refractivity contribution in [1.82, 2.24) is 0 Å². The van der Waals surface area contributed by atoms with Crippen LogP contribution < -0.4 is 11.1 Å². The van der Waals surface area contributed by atoms with E-state index >= 15 is 0 Å². The second kappa shape index (κ2) is 6.40. The third-order valence-electron chi connectivity index (χ3n) is 4.37. The van der Waals surface area contributed by atoms with Crippen molar-refractivity contribution in [2.75, 3.05) is 5.32 Å². The van der Waals surface area contributed by atoms with E-state index in [4.69, 9.17) is 5.73 Å². The zero-order chi connectivity index (χ0) is 14.6. The minimum Gasteiger partial charge on any atom is -0.326 e. The summed E-state index contributed by atoms with van der Waals surface area (Å²) in [6, 6.07) is 6.14. The number of hydrogen-bond acceptors (Lipinski definition) is 2. The Balaban J connectivity index is 2.04. The summed E-state index contributed by atoms with van der Waals surface area (Å²) in [7, 11) is 0. The Kier molecular flexibility index (Phi) is 4.81. The van der Waals surface area contributed by atoms with Gasteiger partial charge in [-0.25, -0.2) is 0 Å². The van der Waals surface area contributed by atoms with E-state index in [1.54, 1.807) is 0 Å². The largest absolute Gasteiger partial charge is 0.326 e. The Hall–Kier alpha value is -1.35. The highest BCUT2D eigenvalue weighted by molar-refractivity contribution is 5.93. The SMILES string of the molecule is CCc1cccc(C)c1NC(=O)CC1(N)CCCCC1. The molecule has 0 heterocycles. The van der Waals surface area contributed by atoms with Crippen molar-refractivity contribution in [2.24, 2.45) is 5.73 Å². The van der Waals surface area contributed by atoms with Crippen LogP contribution in [0.4, 0.5) is 5.69 Å². The number of para-hydroxylation sites is 1. The van der Waals surface area contributed by atoms with Gasteiger partial charge >= 0.3 is 0 Å². The van der Waals surface area contributed by atoms with Crippen LogP contribution in [0.25, 0.3) is 0 Å². The van der Waals surface area contributed by atoms with E-state index < -0.39 is 0 Å². The summed E-state index contributed by atoms with van der Waals surface area (Å²) >= 11 is 0. The highest BCUT2D eigenvalue weighted by Gasteiger charge is 2.30. The molecule has 0 aromatic heterocycles. The quantitative estimate of drug-likeness (QED) is 0.882. The van der Waals surface area contributed by atoms with E-state index in [-0.39, 0.29) is 11.4 Å². The summed E-state index contributed by atoms with van der Waals surface area (Å²) in [5.74, 6) is 0.0541. The molecule has 1 aliphatic rings. The fourth-order valence-electron chi connectivity index (χ4n) is 3.14. The van der Waals surface area contributed by atoms with E-state index in [2.05, 4.69) is 18.3 Å². The van der Waals surface area contributed by atoms with Gasteiger partial charge < -0.3 is 11.1 Å². The van der Waals surface area contributed by atoms with Crippen LogP contribution in [0.15, 0.2) is 18.2 Å². The van der Waals surface area contributed by atoms with Gasteiger partial charge in [0.1, 0.15) is 0 Å². The molecule has 0 atom stereocenters. The standard InChI is InChI=1S/C17H26N2O/c1-3-14-9-7-8-13(2)16(14)19-15(20)12-17(18)10-5-4-6-11-17/h7-9H,3-6,10-12,18H2,1-2H3,(H,19,20). The van der Waals surface area contributed by atoms with Crippen LogP contribution in [-0.4, -0.2) is 11.4 Å².